The van der Waals surface area contributed by atoms with E-state index in [-0.39, 0.29) is 6.10 Å². The molecule has 0 aliphatic carbocycles. The van der Waals surface area contributed by atoms with Gasteiger partial charge in [-0.1, -0.05) is 5.16 Å². The number of alkyl halides is 1. The number of rotatable bonds is 3. The first-order chi connectivity index (χ1) is 7.67. The Bertz CT molecular complexity index is 428. The van der Waals surface area contributed by atoms with Gasteiger partial charge in [-0.25, -0.2) is 4.68 Å². The van der Waals surface area contributed by atoms with Crippen molar-refractivity contribution in [3.05, 3.63) is 11.3 Å². The van der Waals surface area contributed by atoms with Gasteiger partial charge in [-0.05, 0) is 6.92 Å². The average molecular weight is 244 g/mol. The van der Waals surface area contributed by atoms with Crippen LogP contribution in [0.25, 0.3) is 0 Å². The Morgan fingerprint density at radius 3 is 2.94 bits per heavy atom. The molecule has 0 amide bonds. The molecule has 0 saturated heterocycles. The van der Waals surface area contributed by atoms with E-state index in [4.69, 9.17) is 21.2 Å². The Morgan fingerprint density at radius 2 is 2.38 bits per heavy atom. The Balaban J connectivity index is 2.34. The maximum atomic E-state index is 5.73. The van der Waals surface area contributed by atoms with Crippen molar-refractivity contribution in [3.63, 3.8) is 0 Å². The van der Waals surface area contributed by atoms with E-state index in [1.165, 1.54) is 0 Å². The monoisotopic (exact) mass is 243 g/mol. The van der Waals surface area contributed by atoms with Gasteiger partial charge in [0, 0.05) is 13.5 Å². The van der Waals surface area contributed by atoms with Crippen LogP contribution >= 0.6 is 11.6 Å². The molecule has 2 rings (SSSR count). The molecule has 2 heterocycles. The molecule has 5 nitrogen and oxygen atoms in total. The number of aryl methyl sites for hydroxylation is 2. The molecule has 6 heteroatoms. The summed E-state index contributed by atoms with van der Waals surface area (Å²) in [7, 11) is 3.46. The van der Waals surface area contributed by atoms with Gasteiger partial charge < -0.3 is 9.57 Å². The van der Waals surface area contributed by atoms with Crippen molar-refractivity contribution in [1.82, 2.24) is 9.78 Å². The summed E-state index contributed by atoms with van der Waals surface area (Å²) < 4.78 is 7.00. The van der Waals surface area contributed by atoms with Gasteiger partial charge in [-0.15, -0.1) is 11.6 Å². The van der Waals surface area contributed by atoms with Crippen molar-refractivity contribution in [3.8, 4) is 5.88 Å². The number of oxime groups is 1. The van der Waals surface area contributed by atoms with E-state index in [9.17, 15) is 0 Å². The Kier molecular flexibility index (Phi) is 3.05. The van der Waals surface area contributed by atoms with Crippen molar-refractivity contribution in [2.75, 3.05) is 13.0 Å². The summed E-state index contributed by atoms with van der Waals surface area (Å²) in [6.07, 6.45) is 0.660. The molecule has 0 radical (unpaired) electrons. The second-order valence-electron chi connectivity index (χ2n) is 3.72. The van der Waals surface area contributed by atoms with Crippen molar-refractivity contribution in [2.24, 2.45) is 12.2 Å². The number of ether oxygens (including phenoxy) is 1. The molecule has 1 unspecified atom stereocenters. The molecule has 1 aromatic rings. The summed E-state index contributed by atoms with van der Waals surface area (Å²) in [5.41, 5.74) is 2.66. The molecule has 0 fully saturated rings. The van der Waals surface area contributed by atoms with Gasteiger partial charge in [-0.3, -0.25) is 0 Å². The van der Waals surface area contributed by atoms with Gasteiger partial charge in [0.15, 0.2) is 0 Å². The lowest BCUT2D eigenvalue weighted by atomic mass is 10.1. The summed E-state index contributed by atoms with van der Waals surface area (Å²) >= 11 is 5.73. The number of nitrogens with zero attached hydrogens (tertiary/aromatic N) is 3. The Hall–Kier alpha value is -1.23. The maximum absolute atomic E-state index is 5.73. The van der Waals surface area contributed by atoms with E-state index in [1.807, 2.05) is 14.0 Å². The first-order valence-corrected chi connectivity index (χ1v) is 5.57. The van der Waals surface area contributed by atoms with Crippen LogP contribution in [0.5, 0.6) is 5.88 Å². The number of hydrogen-bond acceptors (Lipinski definition) is 4. The zero-order valence-corrected chi connectivity index (χ0v) is 10.3. The van der Waals surface area contributed by atoms with Crippen LogP contribution in [0, 0.1) is 6.92 Å². The zero-order chi connectivity index (χ0) is 11.7. The van der Waals surface area contributed by atoms with Crippen molar-refractivity contribution in [1.29, 1.82) is 0 Å². The highest BCUT2D eigenvalue weighted by Crippen LogP contribution is 2.27. The van der Waals surface area contributed by atoms with E-state index < -0.39 is 0 Å². The van der Waals surface area contributed by atoms with Crippen LogP contribution in [0.1, 0.15) is 17.7 Å². The Labute approximate surface area is 99.0 Å². The molecular weight excluding hydrogens is 230 g/mol. The molecule has 1 aromatic heterocycles. The lowest BCUT2D eigenvalue weighted by Crippen LogP contribution is -2.10. The fourth-order valence-corrected chi connectivity index (χ4v) is 2.03. The van der Waals surface area contributed by atoms with E-state index in [0.717, 1.165) is 17.0 Å². The molecule has 0 N–H and O–H groups in total. The van der Waals surface area contributed by atoms with Crippen LogP contribution in [0.2, 0.25) is 0 Å². The van der Waals surface area contributed by atoms with Gasteiger partial charge in [0.2, 0.25) is 5.88 Å². The topological polar surface area (TPSA) is 48.6 Å². The predicted octanol–water partition coefficient (Wildman–Crippen LogP) is 1.47. The molecular formula is C10H14ClN3O2. The Morgan fingerprint density at radius 1 is 1.62 bits per heavy atom. The van der Waals surface area contributed by atoms with Gasteiger partial charge in [-0.2, -0.15) is 5.10 Å². The molecule has 0 bridgehead atoms. The van der Waals surface area contributed by atoms with Crippen LogP contribution in [-0.4, -0.2) is 34.6 Å². The number of hydrogen-bond donors (Lipinski definition) is 0. The molecule has 1 atom stereocenters. The van der Waals surface area contributed by atoms with E-state index >= 15 is 0 Å². The van der Waals surface area contributed by atoms with E-state index in [1.54, 1.807) is 11.8 Å². The SMILES string of the molecule is COc1c(C2=NOC(CCl)C2)c(C)nn1C. The second-order valence-corrected chi connectivity index (χ2v) is 4.03. The van der Waals surface area contributed by atoms with Crippen LogP contribution < -0.4 is 4.74 Å². The smallest absolute Gasteiger partial charge is 0.220 e. The minimum Gasteiger partial charge on any atom is -0.481 e. The fourth-order valence-electron chi connectivity index (χ4n) is 1.86. The number of aromatic nitrogens is 2. The van der Waals surface area contributed by atoms with Crippen molar-refractivity contribution >= 4 is 17.3 Å². The number of halogens is 1. The van der Waals surface area contributed by atoms with Gasteiger partial charge in [0.05, 0.1) is 30.0 Å². The quantitative estimate of drug-likeness (QED) is 0.756. The largest absolute Gasteiger partial charge is 0.481 e. The highest BCUT2D eigenvalue weighted by Gasteiger charge is 2.27. The van der Waals surface area contributed by atoms with Crippen LogP contribution in [-0.2, 0) is 11.9 Å². The normalized spacial score (nSPS) is 19.5. The molecule has 0 saturated carbocycles. The average Bonchev–Trinajstić information content (AvgIpc) is 2.82. The zero-order valence-electron chi connectivity index (χ0n) is 9.53. The predicted molar refractivity (Wildman–Crippen MR) is 61.2 cm³/mol. The molecule has 1 aliphatic heterocycles. The van der Waals surface area contributed by atoms with Gasteiger partial charge >= 0.3 is 0 Å². The molecule has 1 aliphatic rings. The summed E-state index contributed by atoms with van der Waals surface area (Å²) in [4.78, 5) is 5.20. The third-order valence-corrected chi connectivity index (χ3v) is 2.90. The fraction of sp³-hybridized carbons (Fsp3) is 0.600. The third kappa shape index (κ3) is 1.75. The minimum absolute atomic E-state index is 0.0408. The first kappa shape index (κ1) is 11.3. The molecule has 0 aromatic carbocycles. The lowest BCUT2D eigenvalue weighted by molar-refractivity contribution is 0.102. The third-order valence-electron chi connectivity index (χ3n) is 2.56. The van der Waals surface area contributed by atoms with Crippen molar-refractivity contribution in [2.45, 2.75) is 19.4 Å². The summed E-state index contributed by atoms with van der Waals surface area (Å²) in [5, 5.41) is 8.34. The van der Waals surface area contributed by atoms with Crippen LogP contribution in [0.3, 0.4) is 0 Å². The molecule has 88 valence electrons. The second kappa shape index (κ2) is 4.33. The summed E-state index contributed by atoms with van der Waals surface area (Å²) in [5.74, 6) is 1.14. The lowest BCUT2D eigenvalue weighted by Gasteiger charge is -2.03. The standard InChI is InChI=1S/C10H14ClN3O2/c1-6-9(10(15-3)14(2)12-6)8-4-7(5-11)16-13-8/h7H,4-5H2,1-3H3. The van der Waals surface area contributed by atoms with Crippen molar-refractivity contribution < 1.29 is 9.57 Å². The maximum Gasteiger partial charge on any atom is 0.220 e. The molecule has 16 heavy (non-hydrogen) atoms. The first-order valence-electron chi connectivity index (χ1n) is 5.04. The van der Waals surface area contributed by atoms with E-state index in [0.29, 0.717) is 18.2 Å². The van der Waals surface area contributed by atoms with E-state index in [2.05, 4.69) is 10.3 Å². The summed E-state index contributed by atoms with van der Waals surface area (Å²) in [6, 6.07) is 0. The number of methoxy groups -OCH3 is 1. The van der Waals surface area contributed by atoms with Gasteiger partial charge in [0.25, 0.3) is 0 Å². The highest BCUT2D eigenvalue weighted by molar-refractivity contribution is 6.18. The van der Waals surface area contributed by atoms with Crippen LogP contribution in [0.15, 0.2) is 5.16 Å². The van der Waals surface area contributed by atoms with Crippen LogP contribution in [0.4, 0.5) is 0 Å². The minimum atomic E-state index is -0.0408. The van der Waals surface area contributed by atoms with Gasteiger partial charge in [0.1, 0.15) is 6.10 Å². The summed E-state index contributed by atoms with van der Waals surface area (Å²) in [6.45, 7) is 1.92. The molecule has 0 spiro atoms. The highest BCUT2D eigenvalue weighted by atomic mass is 35.5.